The van der Waals surface area contributed by atoms with Crippen LogP contribution >= 0.6 is 11.6 Å². The van der Waals surface area contributed by atoms with E-state index in [4.69, 9.17) is 11.6 Å². The number of aryl methyl sites for hydroxylation is 1. The molecule has 0 aromatic heterocycles. The number of carbonyl (C=O) groups is 2. The van der Waals surface area contributed by atoms with Gasteiger partial charge in [-0.3, -0.25) is 4.79 Å². The van der Waals surface area contributed by atoms with Crippen LogP contribution < -0.4 is 5.32 Å². The summed E-state index contributed by atoms with van der Waals surface area (Å²) in [5.74, 6) is -0.890. The summed E-state index contributed by atoms with van der Waals surface area (Å²) in [4.78, 5) is 23.0. The summed E-state index contributed by atoms with van der Waals surface area (Å²) < 4.78 is 4.52. The van der Waals surface area contributed by atoms with Gasteiger partial charge in [-0.1, -0.05) is 23.7 Å². The Morgan fingerprint density at radius 3 is 2.65 bits per heavy atom. The van der Waals surface area contributed by atoms with Crippen molar-refractivity contribution in [3.8, 4) is 0 Å². The minimum Gasteiger partial charge on any atom is -0.467 e. The molecule has 1 amide bonds. The van der Waals surface area contributed by atoms with Crippen molar-refractivity contribution in [1.82, 2.24) is 5.32 Å². The van der Waals surface area contributed by atoms with Crippen molar-refractivity contribution < 1.29 is 14.3 Å². The predicted octanol–water partition coefficient (Wildman–Crippen LogP) is 1.94. The molecular formula is C12H14ClNO3. The van der Waals surface area contributed by atoms with Crippen LogP contribution in [0, 0.1) is 6.92 Å². The molecule has 4 nitrogen and oxygen atoms in total. The first-order valence-corrected chi connectivity index (χ1v) is 5.49. The van der Waals surface area contributed by atoms with E-state index >= 15 is 0 Å². The van der Waals surface area contributed by atoms with E-state index in [1.807, 2.05) is 13.0 Å². The number of benzene rings is 1. The van der Waals surface area contributed by atoms with E-state index in [9.17, 15) is 9.59 Å². The van der Waals surface area contributed by atoms with Crippen molar-refractivity contribution in [3.63, 3.8) is 0 Å². The molecule has 17 heavy (non-hydrogen) atoms. The molecule has 0 spiro atoms. The van der Waals surface area contributed by atoms with Gasteiger partial charge in [0.15, 0.2) is 0 Å². The molecule has 0 saturated heterocycles. The summed E-state index contributed by atoms with van der Waals surface area (Å²) in [6.45, 7) is 3.36. The summed E-state index contributed by atoms with van der Waals surface area (Å²) in [5.41, 5.74) is 1.16. The van der Waals surface area contributed by atoms with Gasteiger partial charge in [0.05, 0.1) is 17.7 Å². The zero-order valence-corrected chi connectivity index (χ0v) is 10.7. The van der Waals surface area contributed by atoms with E-state index in [1.54, 1.807) is 19.1 Å². The number of carbonyl (C=O) groups excluding carboxylic acids is 2. The Morgan fingerprint density at radius 1 is 1.41 bits per heavy atom. The van der Waals surface area contributed by atoms with Gasteiger partial charge in [-0.15, -0.1) is 0 Å². The highest BCUT2D eigenvalue weighted by molar-refractivity contribution is 6.34. The maximum Gasteiger partial charge on any atom is 0.328 e. The Bertz CT molecular complexity index is 445. The highest BCUT2D eigenvalue weighted by Gasteiger charge is 2.18. The van der Waals surface area contributed by atoms with E-state index in [2.05, 4.69) is 10.1 Å². The van der Waals surface area contributed by atoms with E-state index in [1.165, 1.54) is 7.11 Å². The third kappa shape index (κ3) is 3.20. The van der Waals surface area contributed by atoms with Crippen molar-refractivity contribution in [2.45, 2.75) is 19.9 Å². The van der Waals surface area contributed by atoms with Crippen LogP contribution in [0.2, 0.25) is 5.02 Å². The molecule has 0 aliphatic carbocycles. The fourth-order valence-corrected chi connectivity index (χ4v) is 1.54. The molecule has 0 heterocycles. The highest BCUT2D eigenvalue weighted by Crippen LogP contribution is 2.20. The van der Waals surface area contributed by atoms with Crippen LogP contribution in [-0.4, -0.2) is 25.0 Å². The third-order valence-electron chi connectivity index (χ3n) is 2.34. The smallest absolute Gasteiger partial charge is 0.328 e. The Balaban J connectivity index is 2.84. The largest absolute Gasteiger partial charge is 0.467 e. The molecular weight excluding hydrogens is 242 g/mol. The van der Waals surface area contributed by atoms with Gasteiger partial charge in [0, 0.05) is 0 Å². The van der Waals surface area contributed by atoms with Gasteiger partial charge < -0.3 is 10.1 Å². The molecule has 0 radical (unpaired) electrons. The van der Waals surface area contributed by atoms with Gasteiger partial charge in [0.1, 0.15) is 6.04 Å². The van der Waals surface area contributed by atoms with E-state index in [0.29, 0.717) is 10.6 Å². The highest BCUT2D eigenvalue weighted by atomic mass is 35.5. The molecule has 1 aromatic rings. The number of amides is 1. The van der Waals surface area contributed by atoms with Crippen LogP contribution in [0.15, 0.2) is 18.2 Å². The molecule has 1 aromatic carbocycles. The predicted molar refractivity (Wildman–Crippen MR) is 65.1 cm³/mol. The molecule has 1 unspecified atom stereocenters. The van der Waals surface area contributed by atoms with Gasteiger partial charge in [0.2, 0.25) is 0 Å². The van der Waals surface area contributed by atoms with Crippen molar-refractivity contribution >= 4 is 23.5 Å². The van der Waals surface area contributed by atoms with Crippen molar-refractivity contribution in [2.75, 3.05) is 7.11 Å². The minimum absolute atomic E-state index is 0.349. The second-order valence-corrected chi connectivity index (χ2v) is 4.03. The fraction of sp³-hybridized carbons (Fsp3) is 0.333. The molecule has 0 fully saturated rings. The van der Waals surface area contributed by atoms with E-state index in [0.717, 1.165) is 5.56 Å². The number of esters is 1. The lowest BCUT2D eigenvalue weighted by Gasteiger charge is -2.12. The lowest BCUT2D eigenvalue weighted by Crippen LogP contribution is -2.39. The zero-order chi connectivity index (χ0) is 13.0. The maximum atomic E-state index is 11.8. The quantitative estimate of drug-likeness (QED) is 0.840. The number of methoxy groups -OCH3 is 1. The second kappa shape index (κ2) is 5.68. The molecule has 0 aliphatic heterocycles. The third-order valence-corrected chi connectivity index (χ3v) is 2.84. The summed E-state index contributed by atoms with van der Waals surface area (Å²) in [5, 5.41) is 2.91. The van der Waals surface area contributed by atoms with Gasteiger partial charge in [-0.05, 0) is 25.5 Å². The van der Waals surface area contributed by atoms with Crippen LogP contribution in [0.4, 0.5) is 0 Å². The number of rotatable bonds is 3. The van der Waals surface area contributed by atoms with E-state index in [-0.39, 0.29) is 0 Å². The normalized spacial score (nSPS) is 11.8. The lowest BCUT2D eigenvalue weighted by molar-refractivity contribution is -0.142. The molecule has 0 aliphatic rings. The summed E-state index contributed by atoms with van der Waals surface area (Å²) in [7, 11) is 1.27. The Morgan fingerprint density at radius 2 is 2.06 bits per heavy atom. The molecule has 0 saturated carbocycles. The summed E-state index contributed by atoms with van der Waals surface area (Å²) in [6.07, 6.45) is 0. The van der Waals surface area contributed by atoms with E-state index < -0.39 is 17.9 Å². The van der Waals surface area contributed by atoms with Crippen molar-refractivity contribution in [3.05, 3.63) is 34.3 Å². The summed E-state index contributed by atoms with van der Waals surface area (Å²) >= 11 is 6.01. The van der Waals surface area contributed by atoms with Crippen LogP contribution in [0.25, 0.3) is 0 Å². The first-order chi connectivity index (χ1) is 7.97. The summed E-state index contributed by atoms with van der Waals surface area (Å²) in [6, 6.07) is 4.44. The standard InChI is InChI=1S/C12H14ClNO3/c1-7-5-4-6-9(10(7)13)11(15)14-8(2)12(16)17-3/h4-6,8H,1-3H3,(H,14,15). The zero-order valence-electron chi connectivity index (χ0n) is 9.91. The number of nitrogens with one attached hydrogen (secondary N) is 1. The Hall–Kier alpha value is -1.55. The molecule has 5 heteroatoms. The Labute approximate surface area is 105 Å². The van der Waals surface area contributed by atoms with Crippen LogP contribution in [0.5, 0.6) is 0 Å². The average molecular weight is 256 g/mol. The number of ether oxygens (including phenoxy) is 1. The molecule has 0 bridgehead atoms. The first kappa shape index (κ1) is 13.5. The van der Waals surface area contributed by atoms with Gasteiger partial charge in [0.25, 0.3) is 5.91 Å². The van der Waals surface area contributed by atoms with Crippen molar-refractivity contribution in [1.29, 1.82) is 0 Å². The van der Waals surface area contributed by atoms with Gasteiger partial charge in [-0.2, -0.15) is 0 Å². The molecule has 1 rings (SSSR count). The maximum absolute atomic E-state index is 11.8. The van der Waals surface area contributed by atoms with Gasteiger partial charge in [-0.25, -0.2) is 4.79 Å². The van der Waals surface area contributed by atoms with Gasteiger partial charge >= 0.3 is 5.97 Å². The van der Waals surface area contributed by atoms with Crippen LogP contribution in [0.3, 0.4) is 0 Å². The monoisotopic (exact) mass is 255 g/mol. The number of hydrogen-bond donors (Lipinski definition) is 1. The van der Waals surface area contributed by atoms with Crippen LogP contribution in [0.1, 0.15) is 22.8 Å². The Kier molecular flexibility index (Phi) is 4.52. The SMILES string of the molecule is COC(=O)C(C)NC(=O)c1cccc(C)c1Cl. The topological polar surface area (TPSA) is 55.4 Å². The molecule has 92 valence electrons. The number of halogens is 1. The second-order valence-electron chi connectivity index (χ2n) is 3.65. The fourth-order valence-electron chi connectivity index (χ4n) is 1.33. The molecule has 1 N–H and O–H groups in total. The average Bonchev–Trinajstić information content (AvgIpc) is 2.31. The molecule has 1 atom stereocenters. The lowest BCUT2D eigenvalue weighted by atomic mass is 10.1. The first-order valence-electron chi connectivity index (χ1n) is 5.11. The number of hydrogen-bond acceptors (Lipinski definition) is 3. The van der Waals surface area contributed by atoms with Crippen LogP contribution in [-0.2, 0) is 9.53 Å². The van der Waals surface area contributed by atoms with Crippen molar-refractivity contribution in [2.24, 2.45) is 0 Å². The minimum atomic E-state index is -0.705.